The van der Waals surface area contributed by atoms with Crippen LogP contribution in [0.1, 0.15) is 11.3 Å². The van der Waals surface area contributed by atoms with Crippen LogP contribution in [0, 0.1) is 11.7 Å². The number of hydrogen-bond donors (Lipinski definition) is 1. The van der Waals surface area contributed by atoms with Crippen molar-refractivity contribution in [3.05, 3.63) is 58.0 Å². The first-order valence-corrected chi connectivity index (χ1v) is 8.31. The summed E-state index contributed by atoms with van der Waals surface area (Å²) in [5.41, 5.74) is 1.13. The van der Waals surface area contributed by atoms with Crippen LogP contribution in [0.25, 0.3) is 0 Å². The molecule has 1 aliphatic rings. The summed E-state index contributed by atoms with van der Waals surface area (Å²) in [6, 6.07) is 6.37. The standard InChI is InChI=1S/C18H22FN3O3/c1-24-17-4-2-3-16(19)15(17)10-22-5-6-25-11-13(9-22)7-14-8-18(23)21-12-20-14/h2-4,8,12-13H,5-7,9-11H2,1H3,(H,20,21,23)/t13-/m1/s1. The van der Waals surface area contributed by atoms with Crippen LogP contribution in [0.15, 0.2) is 35.4 Å². The van der Waals surface area contributed by atoms with E-state index in [4.69, 9.17) is 9.47 Å². The van der Waals surface area contributed by atoms with Crippen LogP contribution in [0.4, 0.5) is 4.39 Å². The van der Waals surface area contributed by atoms with Gasteiger partial charge in [-0.25, -0.2) is 9.37 Å². The predicted molar refractivity (Wildman–Crippen MR) is 91.1 cm³/mol. The third-order valence-corrected chi connectivity index (χ3v) is 4.33. The number of halogens is 1. The molecule has 0 spiro atoms. The predicted octanol–water partition coefficient (Wildman–Crippen LogP) is 1.61. The van der Waals surface area contributed by atoms with E-state index in [0.29, 0.717) is 37.5 Å². The molecule has 1 aromatic heterocycles. The van der Waals surface area contributed by atoms with Gasteiger partial charge in [-0.1, -0.05) is 6.07 Å². The van der Waals surface area contributed by atoms with Crippen molar-refractivity contribution in [2.75, 3.05) is 33.4 Å². The highest BCUT2D eigenvalue weighted by atomic mass is 19.1. The largest absolute Gasteiger partial charge is 0.496 e. The maximum absolute atomic E-state index is 14.2. The van der Waals surface area contributed by atoms with Crippen LogP contribution < -0.4 is 10.3 Å². The van der Waals surface area contributed by atoms with Crippen LogP contribution in [0.5, 0.6) is 5.75 Å². The molecular weight excluding hydrogens is 325 g/mol. The molecule has 1 N–H and O–H groups in total. The second kappa shape index (κ2) is 8.22. The highest BCUT2D eigenvalue weighted by Crippen LogP contribution is 2.24. The zero-order valence-electron chi connectivity index (χ0n) is 14.2. The van der Waals surface area contributed by atoms with E-state index < -0.39 is 0 Å². The number of hydrogen-bond acceptors (Lipinski definition) is 5. The van der Waals surface area contributed by atoms with Crippen molar-refractivity contribution < 1.29 is 13.9 Å². The molecule has 0 bridgehead atoms. The van der Waals surface area contributed by atoms with Gasteiger partial charge in [0.15, 0.2) is 0 Å². The van der Waals surface area contributed by atoms with Crippen molar-refractivity contribution in [3.8, 4) is 5.75 Å². The Labute approximate surface area is 145 Å². The van der Waals surface area contributed by atoms with Crippen molar-refractivity contribution in [1.82, 2.24) is 14.9 Å². The smallest absolute Gasteiger partial charge is 0.250 e. The topological polar surface area (TPSA) is 67.5 Å². The molecule has 0 amide bonds. The molecular formula is C18H22FN3O3. The number of aromatic amines is 1. The number of nitrogens with zero attached hydrogens (tertiary/aromatic N) is 2. The number of ether oxygens (including phenoxy) is 2. The van der Waals surface area contributed by atoms with Gasteiger partial charge < -0.3 is 14.5 Å². The monoisotopic (exact) mass is 347 g/mol. The zero-order chi connectivity index (χ0) is 17.6. The molecule has 0 saturated carbocycles. The second-order valence-electron chi connectivity index (χ2n) is 6.20. The summed E-state index contributed by atoms with van der Waals surface area (Å²) < 4.78 is 25.2. The lowest BCUT2D eigenvalue weighted by Gasteiger charge is -2.24. The average molecular weight is 347 g/mol. The van der Waals surface area contributed by atoms with Crippen molar-refractivity contribution in [2.24, 2.45) is 5.92 Å². The van der Waals surface area contributed by atoms with E-state index in [1.807, 2.05) is 0 Å². The summed E-state index contributed by atoms with van der Waals surface area (Å²) in [5.74, 6) is 0.477. The Balaban J connectivity index is 1.71. The van der Waals surface area contributed by atoms with E-state index in [9.17, 15) is 9.18 Å². The highest BCUT2D eigenvalue weighted by Gasteiger charge is 2.22. The minimum Gasteiger partial charge on any atom is -0.496 e. The van der Waals surface area contributed by atoms with E-state index >= 15 is 0 Å². The fourth-order valence-corrected chi connectivity index (χ4v) is 3.14. The fraction of sp³-hybridized carbons (Fsp3) is 0.444. The van der Waals surface area contributed by atoms with E-state index in [-0.39, 0.29) is 17.3 Å². The summed E-state index contributed by atoms with van der Waals surface area (Å²) in [4.78, 5) is 20.3. The van der Waals surface area contributed by atoms with Gasteiger partial charge in [-0.3, -0.25) is 9.69 Å². The van der Waals surface area contributed by atoms with Crippen LogP contribution in [0.3, 0.4) is 0 Å². The minimum absolute atomic E-state index is 0.160. The number of H-pyrrole nitrogens is 1. The molecule has 0 aliphatic carbocycles. The molecule has 0 unspecified atom stereocenters. The van der Waals surface area contributed by atoms with Gasteiger partial charge in [0.25, 0.3) is 5.56 Å². The maximum Gasteiger partial charge on any atom is 0.250 e. The molecule has 0 radical (unpaired) electrons. The SMILES string of the molecule is COc1cccc(F)c1CN1CCOC[C@H](Cc2cc(=O)[nH]cn2)C1. The fourth-order valence-electron chi connectivity index (χ4n) is 3.14. The summed E-state index contributed by atoms with van der Waals surface area (Å²) in [5, 5.41) is 0. The Morgan fingerprint density at radius 2 is 2.36 bits per heavy atom. The third kappa shape index (κ3) is 4.64. The average Bonchev–Trinajstić information content (AvgIpc) is 2.82. The van der Waals surface area contributed by atoms with E-state index in [2.05, 4.69) is 14.9 Å². The number of nitrogens with one attached hydrogen (secondary N) is 1. The minimum atomic E-state index is -0.266. The molecule has 134 valence electrons. The van der Waals surface area contributed by atoms with Gasteiger partial charge in [0.05, 0.1) is 26.7 Å². The van der Waals surface area contributed by atoms with Gasteiger partial charge in [-0.15, -0.1) is 0 Å². The molecule has 1 aliphatic heterocycles. The molecule has 1 saturated heterocycles. The summed E-state index contributed by atoms with van der Waals surface area (Å²) in [7, 11) is 1.55. The molecule has 1 fully saturated rings. The van der Waals surface area contributed by atoms with Crippen LogP contribution >= 0.6 is 0 Å². The molecule has 2 heterocycles. The van der Waals surface area contributed by atoms with E-state index in [1.165, 1.54) is 18.5 Å². The van der Waals surface area contributed by atoms with Gasteiger partial charge in [-0.2, -0.15) is 0 Å². The van der Waals surface area contributed by atoms with Crippen molar-refractivity contribution in [2.45, 2.75) is 13.0 Å². The number of rotatable bonds is 5. The molecule has 7 heteroatoms. The Morgan fingerprint density at radius 1 is 1.48 bits per heavy atom. The number of aromatic nitrogens is 2. The van der Waals surface area contributed by atoms with Crippen molar-refractivity contribution >= 4 is 0 Å². The van der Waals surface area contributed by atoms with Crippen LogP contribution in [-0.4, -0.2) is 48.3 Å². The van der Waals surface area contributed by atoms with Crippen molar-refractivity contribution in [1.29, 1.82) is 0 Å². The number of benzene rings is 1. The van der Waals surface area contributed by atoms with Gasteiger partial charge in [0.2, 0.25) is 0 Å². The lowest BCUT2D eigenvalue weighted by Crippen LogP contribution is -2.31. The number of methoxy groups -OCH3 is 1. The summed E-state index contributed by atoms with van der Waals surface area (Å²) in [6.07, 6.45) is 2.06. The molecule has 2 aromatic rings. The molecule has 25 heavy (non-hydrogen) atoms. The third-order valence-electron chi connectivity index (χ3n) is 4.33. The first-order valence-electron chi connectivity index (χ1n) is 8.31. The first kappa shape index (κ1) is 17.6. The van der Waals surface area contributed by atoms with Gasteiger partial charge in [-0.05, 0) is 18.6 Å². The van der Waals surface area contributed by atoms with Crippen molar-refractivity contribution in [3.63, 3.8) is 0 Å². The Bertz CT molecular complexity index is 765. The van der Waals surface area contributed by atoms with E-state index in [0.717, 1.165) is 18.8 Å². The summed E-state index contributed by atoms with van der Waals surface area (Å²) in [6.45, 7) is 3.11. The normalized spacial score (nSPS) is 18.7. The quantitative estimate of drug-likeness (QED) is 0.890. The van der Waals surface area contributed by atoms with Crippen LogP contribution in [-0.2, 0) is 17.7 Å². The van der Waals surface area contributed by atoms with Gasteiger partial charge >= 0.3 is 0 Å². The molecule has 1 aromatic carbocycles. The van der Waals surface area contributed by atoms with Gasteiger partial charge in [0.1, 0.15) is 11.6 Å². The highest BCUT2D eigenvalue weighted by molar-refractivity contribution is 5.34. The molecule has 6 nitrogen and oxygen atoms in total. The Kier molecular flexibility index (Phi) is 5.78. The lowest BCUT2D eigenvalue weighted by atomic mass is 10.0. The first-order chi connectivity index (χ1) is 12.2. The molecule has 3 rings (SSSR count). The molecule has 1 atom stereocenters. The Hall–Kier alpha value is -2.25. The summed E-state index contributed by atoms with van der Waals surface area (Å²) >= 11 is 0. The Morgan fingerprint density at radius 3 is 3.16 bits per heavy atom. The second-order valence-corrected chi connectivity index (χ2v) is 6.20. The van der Waals surface area contributed by atoms with Crippen LogP contribution in [0.2, 0.25) is 0 Å². The lowest BCUT2D eigenvalue weighted by molar-refractivity contribution is 0.121. The maximum atomic E-state index is 14.2. The van der Waals surface area contributed by atoms with Gasteiger partial charge in [0, 0.05) is 42.9 Å². The zero-order valence-corrected chi connectivity index (χ0v) is 14.2. The van der Waals surface area contributed by atoms with E-state index in [1.54, 1.807) is 19.2 Å².